The van der Waals surface area contributed by atoms with Gasteiger partial charge in [-0.1, -0.05) is 12.1 Å². The third kappa shape index (κ3) is 2.80. The Morgan fingerprint density at radius 2 is 1.86 bits per heavy atom. The van der Waals surface area contributed by atoms with Crippen LogP contribution in [0.4, 0.5) is 0 Å². The number of carboxylic acids is 1. The number of likely N-dealkylation sites (tertiary alicyclic amines) is 1. The van der Waals surface area contributed by atoms with Crippen molar-refractivity contribution in [3.8, 4) is 5.75 Å². The van der Waals surface area contributed by atoms with Crippen molar-refractivity contribution in [2.24, 2.45) is 5.92 Å². The van der Waals surface area contributed by atoms with Gasteiger partial charge in [0, 0.05) is 12.6 Å². The number of rotatable bonds is 4. The molecular formula is C17H23NO4. The number of ether oxygens (including phenoxy) is 1. The van der Waals surface area contributed by atoms with Gasteiger partial charge in [-0.15, -0.1) is 0 Å². The number of hydrogen-bond acceptors (Lipinski definition) is 3. The molecule has 22 heavy (non-hydrogen) atoms. The first kappa shape index (κ1) is 16.3. The number of methoxy groups -OCH3 is 1. The van der Waals surface area contributed by atoms with E-state index in [0.717, 1.165) is 11.3 Å². The molecule has 1 fully saturated rings. The predicted molar refractivity (Wildman–Crippen MR) is 82.9 cm³/mol. The lowest BCUT2D eigenvalue weighted by atomic mass is 9.83. The van der Waals surface area contributed by atoms with Crippen molar-refractivity contribution in [2.75, 3.05) is 13.7 Å². The minimum absolute atomic E-state index is 0.0334. The van der Waals surface area contributed by atoms with Crippen LogP contribution >= 0.6 is 0 Å². The predicted octanol–water partition coefficient (Wildman–Crippen LogP) is 2.29. The van der Waals surface area contributed by atoms with Gasteiger partial charge in [0.25, 0.3) is 0 Å². The molecule has 0 aromatic heterocycles. The summed E-state index contributed by atoms with van der Waals surface area (Å²) in [5.41, 5.74) is 0.192. The molecule has 1 amide bonds. The standard InChI is InChI=1S/C17H23NO4/c1-11-14(15(19)20)9-10-18(11)16(21)17(2,3)12-5-7-13(22-4)8-6-12/h5-8,11,14H,9-10H2,1-4H3,(H,19,20). The van der Waals surface area contributed by atoms with Gasteiger partial charge < -0.3 is 14.7 Å². The van der Waals surface area contributed by atoms with E-state index in [4.69, 9.17) is 4.74 Å². The van der Waals surface area contributed by atoms with Gasteiger partial charge in [0.1, 0.15) is 5.75 Å². The monoisotopic (exact) mass is 305 g/mol. The number of carbonyl (C=O) groups is 2. The highest BCUT2D eigenvalue weighted by Gasteiger charge is 2.43. The van der Waals surface area contributed by atoms with Crippen LogP contribution < -0.4 is 4.74 Å². The Kier molecular flexibility index (Phi) is 4.44. The van der Waals surface area contributed by atoms with E-state index in [9.17, 15) is 14.7 Å². The molecule has 0 radical (unpaired) electrons. The Morgan fingerprint density at radius 3 is 2.32 bits per heavy atom. The molecule has 0 aliphatic carbocycles. The first-order valence-electron chi connectivity index (χ1n) is 7.47. The Hall–Kier alpha value is -2.04. The molecule has 1 aromatic rings. The summed E-state index contributed by atoms with van der Waals surface area (Å²) in [6.45, 7) is 6.06. The van der Waals surface area contributed by atoms with Gasteiger partial charge in [-0.2, -0.15) is 0 Å². The van der Waals surface area contributed by atoms with Gasteiger partial charge in [-0.25, -0.2) is 0 Å². The number of carbonyl (C=O) groups excluding carboxylic acids is 1. The number of hydrogen-bond donors (Lipinski definition) is 1. The third-order valence-electron chi connectivity index (χ3n) is 4.68. The van der Waals surface area contributed by atoms with E-state index < -0.39 is 17.3 Å². The summed E-state index contributed by atoms with van der Waals surface area (Å²) < 4.78 is 5.14. The highest BCUT2D eigenvalue weighted by molar-refractivity contribution is 5.88. The summed E-state index contributed by atoms with van der Waals surface area (Å²) in [7, 11) is 1.60. The van der Waals surface area contributed by atoms with Crippen LogP contribution in [0.25, 0.3) is 0 Å². The largest absolute Gasteiger partial charge is 0.497 e. The fourth-order valence-electron chi connectivity index (χ4n) is 3.05. The van der Waals surface area contributed by atoms with E-state index in [0.29, 0.717) is 13.0 Å². The summed E-state index contributed by atoms with van der Waals surface area (Å²) in [6.07, 6.45) is 0.515. The minimum atomic E-state index is -0.829. The Bertz CT molecular complexity index is 565. The van der Waals surface area contributed by atoms with Gasteiger partial charge in [0.2, 0.25) is 5.91 Å². The summed E-state index contributed by atoms with van der Waals surface area (Å²) in [5, 5.41) is 9.21. The van der Waals surface area contributed by atoms with Gasteiger partial charge in [0.05, 0.1) is 18.4 Å². The fourth-order valence-corrected chi connectivity index (χ4v) is 3.05. The first-order valence-corrected chi connectivity index (χ1v) is 7.47. The van der Waals surface area contributed by atoms with Crippen molar-refractivity contribution in [3.63, 3.8) is 0 Å². The van der Waals surface area contributed by atoms with Crippen molar-refractivity contribution in [3.05, 3.63) is 29.8 Å². The summed E-state index contributed by atoms with van der Waals surface area (Å²) >= 11 is 0. The van der Waals surface area contributed by atoms with Crippen LogP contribution in [0.15, 0.2) is 24.3 Å². The quantitative estimate of drug-likeness (QED) is 0.927. The molecule has 1 aliphatic heterocycles. The Balaban J connectivity index is 2.21. The van der Waals surface area contributed by atoms with Gasteiger partial charge in [0.15, 0.2) is 0 Å². The molecule has 0 spiro atoms. The zero-order valence-electron chi connectivity index (χ0n) is 13.5. The fraction of sp³-hybridized carbons (Fsp3) is 0.529. The van der Waals surface area contributed by atoms with Crippen molar-refractivity contribution in [1.82, 2.24) is 4.90 Å². The lowest BCUT2D eigenvalue weighted by molar-refractivity contribution is -0.143. The molecule has 2 unspecified atom stereocenters. The normalized spacial score (nSPS) is 21.7. The second-order valence-corrected chi connectivity index (χ2v) is 6.33. The Morgan fingerprint density at radius 1 is 1.27 bits per heavy atom. The molecule has 1 aromatic carbocycles. The maximum absolute atomic E-state index is 12.9. The molecule has 1 heterocycles. The van der Waals surface area contributed by atoms with Crippen LogP contribution in [-0.2, 0) is 15.0 Å². The van der Waals surface area contributed by atoms with E-state index in [-0.39, 0.29) is 11.9 Å². The van der Waals surface area contributed by atoms with Crippen LogP contribution in [0.3, 0.4) is 0 Å². The maximum atomic E-state index is 12.9. The first-order chi connectivity index (χ1) is 10.3. The molecule has 1 saturated heterocycles. The molecule has 2 rings (SSSR count). The molecule has 0 bridgehead atoms. The van der Waals surface area contributed by atoms with E-state index in [1.165, 1.54) is 0 Å². The third-order valence-corrected chi connectivity index (χ3v) is 4.68. The summed E-state index contributed by atoms with van der Waals surface area (Å²) in [4.78, 5) is 25.8. The van der Waals surface area contributed by atoms with Crippen LogP contribution in [0, 0.1) is 5.92 Å². The highest BCUT2D eigenvalue weighted by Crippen LogP contribution is 2.32. The van der Waals surface area contributed by atoms with Crippen LogP contribution in [0.2, 0.25) is 0 Å². The van der Waals surface area contributed by atoms with Gasteiger partial charge in [-0.05, 0) is 44.9 Å². The van der Waals surface area contributed by atoms with Crippen LogP contribution in [0.1, 0.15) is 32.8 Å². The molecule has 5 heteroatoms. The van der Waals surface area contributed by atoms with Crippen LogP contribution in [0.5, 0.6) is 5.75 Å². The van der Waals surface area contributed by atoms with E-state index >= 15 is 0 Å². The average molecular weight is 305 g/mol. The van der Waals surface area contributed by atoms with Crippen molar-refractivity contribution in [2.45, 2.75) is 38.6 Å². The van der Waals surface area contributed by atoms with Crippen LogP contribution in [-0.4, -0.2) is 41.6 Å². The van der Waals surface area contributed by atoms with Crippen molar-refractivity contribution in [1.29, 1.82) is 0 Å². The Labute approximate surface area is 130 Å². The summed E-state index contributed by atoms with van der Waals surface area (Å²) in [5.74, 6) is -0.595. The van der Waals surface area contributed by atoms with Crippen molar-refractivity contribution >= 4 is 11.9 Å². The number of carboxylic acid groups (broad SMARTS) is 1. The number of nitrogens with zero attached hydrogens (tertiary/aromatic N) is 1. The molecule has 120 valence electrons. The van der Waals surface area contributed by atoms with Gasteiger partial charge in [-0.3, -0.25) is 9.59 Å². The number of benzene rings is 1. The zero-order chi connectivity index (χ0) is 16.5. The average Bonchev–Trinajstić information content (AvgIpc) is 2.88. The topological polar surface area (TPSA) is 66.8 Å². The second kappa shape index (κ2) is 5.99. The SMILES string of the molecule is COc1ccc(C(C)(C)C(=O)N2CCC(C(=O)O)C2C)cc1. The molecule has 2 atom stereocenters. The lowest BCUT2D eigenvalue weighted by Crippen LogP contribution is -2.46. The smallest absolute Gasteiger partial charge is 0.308 e. The van der Waals surface area contributed by atoms with E-state index in [1.807, 2.05) is 45.0 Å². The van der Waals surface area contributed by atoms with E-state index in [1.54, 1.807) is 12.0 Å². The summed E-state index contributed by atoms with van der Waals surface area (Å²) in [6, 6.07) is 7.15. The van der Waals surface area contributed by atoms with Gasteiger partial charge >= 0.3 is 5.97 Å². The minimum Gasteiger partial charge on any atom is -0.497 e. The molecular weight excluding hydrogens is 282 g/mol. The number of amides is 1. The molecule has 1 aliphatic rings. The van der Waals surface area contributed by atoms with Crippen molar-refractivity contribution < 1.29 is 19.4 Å². The maximum Gasteiger partial charge on any atom is 0.308 e. The highest BCUT2D eigenvalue weighted by atomic mass is 16.5. The molecule has 5 nitrogen and oxygen atoms in total. The second-order valence-electron chi connectivity index (χ2n) is 6.33. The van der Waals surface area contributed by atoms with E-state index in [2.05, 4.69) is 0 Å². The lowest BCUT2D eigenvalue weighted by Gasteiger charge is -2.33. The molecule has 0 saturated carbocycles. The molecule has 1 N–H and O–H groups in total. The number of aliphatic carboxylic acids is 1. The zero-order valence-corrected chi connectivity index (χ0v) is 13.5.